The molecule has 0 aliphatic carbocycles. The van der Waals surface area contributed by atoms with E-state index in [0.717, 1.165) is 13.0 Å². The van der Waals surface area contributed by atoms with Crippen LogP contribution in [-0.4, -0.2) is 37.5 Å². The van der Waals surface area contributed by atoms with Crippen LogP contribution in [0.1, 0.15) is 58.3 Å². The molecule has 0 unspecified atom stereocenters. The van der Waals surface area contributed by atoms with Crippen molar-refractivity contribution in [2.75, 3.05) is 26.4 Å². The van der Waals surface area contributed by atoms with Gasteiger partial charge in [0.25, 0.3) is 0 Å². The molecule has 0 radical (unpaired) electrons. The third-order valence-corrected chi connectivity index (χ3v) is 2.74. The fourth-order valence-electron chi connectivity index (χ4n) is 1.72. The van der Waals surface area contributed by atoms with Crippen molar-refractivity contribution in [1.29, 1.82) is 0 Å². The van der Waals surface area contributed by atoms with Crippen molar-refractivity contribution in [3.05, 3.63) is 0 Å². The van der Waals surface area contributed by atoms with Gasteiger partial charge >= 0.3 is 5.97 Å². The molecule has 0 aliphatic heterocycles. The Balaban J connectivity index is 2.92. The van der Waals surface area contributed by atoms with E-state index in [1.807, 2.05) is 0 Å². The first-order valence-electron chi connectivity index (χ1n) is 7.14. The normalized spacial score (nSPS) is 10.7. The summed E-state index contributed by atoms with van der Waals surface area (Å²) in [4.78, 5) is 10.1. The van der Waals surface area contributed by atoms with Gasteiger partial charge in [-0.25, -0.2) is 4.79 Å². The van der Waals surface area contributed by atoms with Crippen LogP contribution in [0.4, 0.5) is 0 Å². The van der Waals surface area contributed by atoms with E-state index >= 15 is 0 Å². The molecule has 0 rings (SSSR count). The predicted octanol–water partition coefficient (Wildman–Crippen LogP) is 3.24. The summed E-state index contributed by atoms with van der Waals surface area (Å²) in [6.07, 6.45) is 10.3. The van der Waals surface area contributed by atoms with E-state index in [-0.39, 0.29) is 6.61 Å². The van der Waals surface area contributed by atoms with Gasteiger partial charge in [-0.1, -0.05) is 51.9 Å². The van der Waals surface area contributed by atoms with Crippen molar-refractivity contribution < 1.29 is 19.4 Å². The lowest BCUT2D eigenvalue weighted by Gasteiger charge is -2.04. The maximum Gasteiger partial charge on any atom is 0.329 e. The molecule has 0 aliphatic rings. The van der Waals surface area contributed by atoms with Gasteiger partial charge in [-0.05, 0) is 6.42 Å². The van der Waals surface area contributed by atoms with Crippen LogP contribution in [0.5, 0.6) is 0 Å². The Kier molecular flexibility index (Phi) is 14.0. The smallest absolute Gasteiger partial charge is 0.329 e. The summed E-state index contributed by atoms with van der Waals surface area (Å²) in [6, 6.07) is 0. The molecule has 0 aromatic carbocycles. The number of carboxylic acid groups (broad SMARTS) is 1. The van der Waals surface area contributed by atoms with Gasteiger partial charge in [-0.2, -0.15) is 0 Å². The van der Waals surface area contributed by atoms with E-state index in [2.05, 4.69) is 6.92 Å². The summed E-state index contributed by atoms with van der Waals surface area (Å²) in [6.45, 7) is 3.61. The van der Waals surface area contributed by atoms with Gasteiger partial charge in [0, 0.05) is 6.61 Å². The molecule has 0 amide bonds. The average molecular weight is 260 g/mol. The standard InChI is InChI=1S/C14H28O4/c1-2-3-4-5-6-7-8-9-10-17-11-12-18-13-14(15)16/h2-13H2,1H3,(H,15,16). The summed E-state index contributed by atoms with van der Waals surface area (Å²) in [7, 11) is 0. The monoisotopic (exact) mass is 260 g/mol. The zero-order valence-electron chi connectivity index (χ0n) is 11.7. The summed E-state index contributed by atoms with van der Waals surface area (Å²) in [5, 5.41) is 8.32. The quantitative estimate of drug-likeness (QED) is 0.487. The van der Waals surface area contributed by atoms with Crippen molar-refractivity contribution in [2.45, 2.75) is 58.3 Å². The van der Waals surface area contributed by atoms with Crippen LogP contribution >= 0.6 is 0 Å². The molecule has 0 atom stereocenters. The number of carbonyl (C=O) groups is 1. The number of rotatable bonds is 14. The van der Waals surface area contributed by atoms with Crippen LogP contribution in [0.25, 0.3) is 0 Å². The molecule has 4 nitrogen and oxygen atoms in total. The number of aliphatic carboxylic acids is 1. The lowest BCUT2D eigenvalue weighted by atomic mass is 10.1. The van der Waals surface area contributed by atoms with Crippen molar-refractivity contribution in [3.63, 3.8) is 0 Å². The van der Waals surface area contributed by atoms with E-state index in [9.17, 15) is 4.79 Å². The first-order valence-corrected chi connectivity index (χ1v) is 7.14. The molecule has 0 aromatic heterocycles. The number of unbranched alkanes of at least 4 members (excludes halogenated alkanes) is 7. The maximum atomic E-state index is 10.1. The number of hydrogen-bond acceptors (Lipinski definition) is 3. The highest BCUT2D eigenvalue weighted by Crippen LogP contribution is 2.08. The van der Waals surface area contributed by atoms with Gasteiger partial charge in [-0.3, -0.25) is 0 Å². The predicted molar refractivity (Wildman–Crippen MR) is 71.9 cm³/mol. The first kappa shape index (κ1) is 17.4. The van der Waals surface area contributed by atoms with E-state index in [1.165, 1.54) is 44.9 Å². The van der Waals surface area contributed by atoms with Crippen LogP contribution in [0.2, 0.25) is 0 Å². The van der Waals surface area contributed by atoms with Crippen LogP contribution in [0.15, 0.2) is 0 Å². The molecule has 108 valence electrons. The van der Waals surface area contributed by atoms with Crippen molar-refractivity contribution in [3.8, 4) is 0 Å². The molecule has 0 saturated heterocycles. The number of ether oxygens (including phenoxy) is 2. The second-order valence-corrected chi connectivity index (χ2v) is 4.53. The Hall–Kier alpha value is -0.610. The molecule has 4 heteroatoms. The Labute approximate surface area is 111 Å². The van der Waals surface area contributed by atoms with Crippen LogP contribution in [0, 0.1) is 0 Å². The first-order chi connectivity index (χ1) is 8.77. The lowest BCUT2D eigenvalue weighted by molar-refractivity contribution is -0.142. The van der Waals surface area contributed by atoms with E-state index < -0.39 is 5.97 Å². The molecule has 0 spiro atoms. The second kappa shape index (κ2) is 14.5. The average Bonchev–Trinajstić information content (AvgIpc) is 2.34. The summed E-state index contributed by atoms with van der Waals surface area (Å²) < 4.78 is 10.2. The van der Waals surface area contributed by atoms with Crippen LogP contribution in [-0.2, 0) is 14.3 Å². The maximum absolute atomic E-state index is 10.1. The van der Waals surface area contributed by atoms with Gasteiger partial charge in [-0.15, -0.1) is 0 Å². The van der Waals surface area contributed by atoms with Crippen LogP contribution < -0.4 is 0 Å². The second-order valence-electron chi connectivity index (χ2n) is 4.53. The largest absolute Gasteiger partial charge is 0.480 e. The summed E-state index contributed by atoms with van der Waals surface area (Å²) in [5.74, 6) is -0.932. The van der Waals surface area contributed by atoms with Gasteiger partial charge in [0.2, 0.25) is 0 Å². The van der Waals surface area contributed by atoms with E-state index in [1.54, 1.807) is 0 Å². The third kappa shape index (κ3) is 15.4. The minimum Gasteiger partial charge on any atom is -0.480 e. The van der Waals surface area contributed by atoms with Gasteiger partial charge in [0.05, 0.1) is 13.2 Å². The van der Waals surface area contributed by atoms with Crippen molar-refractivity contribution in [1.82, 2.24) is 0 Å². The zero-order chi connectivity index (χ0) is 13.5. The summed E-state index contributed by atoms with van der Waals surface area (Å²) in [5.41, 5.74) is 0. The minimum atomic E-state index is -0.932. The molecule has 18 heavy (non-hydrogen) atoms. The molecular weight excluding hydrogens is 232 g/mol. The fraction of sp³-hybridized carbons (Fsp3) is 0.929. The minimum absolute atomic E-state index is 0.235. The highest BCUT2D eigenvalue weighted by Gasteiger charge is 1.96. The molecule has 0 aromatic rings. The SMILES string of the molecule is CCCCCCCCCCOCCOCC(=O)O. The third-order valence-electron chi connectivity index (χ3n) is 2.74. The van der Waals surface area contributed by atoms with Gasteiger partial charge in [0.1, 0.15) is 6.61 Å². The Bertz CT molecular complexity index is 183. The number of carboxylic acids is 1. The molecule has 0 heterocycles. The Morgan fingerprint density at radius 1 is 0.833 bits per heavy atom. The van der Waals surface area contributed by atoms with Gasteiger partial charge in [0.15, 0.2) is 0 Å². The molecule has 0 saturated carbocycles. The molecular formula is C14H28O4. The van der Waals surface area contributed by atoms with E-state index in [4.69, 9.17) is 14.6 Å². The Morgan fingerprint density at radius 3 is 2.00 bits per heavy atom. The highest BCUT2D eigenvalue weighted by atomic mass is 16.5. The van der Waals surface area contributed by atoms with Crippen molar-refractivity contribution >= 4 is 5.97 Å². The zero-order valence-corrected chi connectivity index (χ0v) is 11.7. The molecule has 0 bridgehead atoms. The topological polar surface area (TPSA) is 55.8 Å². The molecule has 1 N–H and O–H groups in total. The van der Waals surface area contributed by atoms with Crippen LogP contribution in [0.3, 0.4) is 0 Å². The Morgan fingerprint density at radius 2 is 1.39 bits per heavy atom. The van der Waals surface area contributed by atoms with Gasteiger partial charge < -0.3 is 14.6 Å². The van der Waals surface area contributed by atoms with E-state index in [0.29, 0.717) is 13.2 Å². The highest BCUT2D eigenvalue weighted by molar-refractivity contribution is 5.67. The fourth-order valence-corrected chi connectivity index (χ4v) is 1.72. The summed E-state index contributed by atoms with van der Waals surface area (Å²) >= 11 is 0. The number of hydrogen-bond donors (Lipinski definition) is 1. The lowest BCUT2D eigenvalue weighted by Crippen LogP contribution is -2.11. The van der Waals surface area contributed by atoms with Crippen molar-refractivity contribution in [2.24, 2.45) is 0 Å². The molecule has 0 fully saturated rings.